The first-order chi connectivity index (χ1) is 10.8. The summed E-state index contributed by atoms with van der Waals surface area (Å²) in [5.41, 5.74) is 0.480. The quantitative estimate of drug-likeness (QED) is 0.412. The van der Waals surface area contributed by atoms with E-state index in [-0.39, 0.29) is 5.97 Å². The van der Waals surface area contributed by atoms with E-state index < -0.39 is 0 Å². The molecule has 0 unspecified atom stereocenters. The van der Waals surface area contributed by atoms with Crippen LogP contribution in [0.25, 0.3) is 0 Å². The molecule has 0 amide bonds. The number of hydrogen-bond acceptors (Lipinski definition) is 4. The minimum Gasteiger partial charge on any atom is -0.478 e. The van der Waals surface area contributed by atoms with Crippen LogP contribution < -0.4 is 4.74 Å². The number of nitrogens with zero attached hydrogens (tertiary/aromatic N) is 1. The van der Waals surface area contributed by atoms with Crippen molar-refractivity contribution in [2.24, 2.45) is 0 Å². The smallest absolute Gasteiger partial charge is 0.339 e. The molecule has 124 valence electrons. The lowest BCUT2D eigenvalue weighted by Gasteiger charge is -2.07. The van der Waals surface area contributed by atoms with Gasteiger partial charge in [0.2, 0.25) is 5.88 Å². The molecule has 0 aliphatic heterocycles. The van der Waals surface area contributed by atoms with E-state index in [0.717, 1.165) is 19.3 Å². The van der Waals surface area contributed by atoms with E-state index in [0.29, 0.717) is 24.7 Å². The van der Waals surface area contributed by atoms with E-state index in [1.165, 1.54) is 38.3 Å². The zero-order chi connectivity index (χ0) is 16.0. The Kier molecular flexibility index (Phi) is 10.1. The topological polar surface area (TPSA) is 48.4 Å². The lowest BCUT2D eigenvalue weighted by molar-refractivity contribution is 0.0497. The monoisotopic (exact) mass is 307 g/mol. The second-order valence-electron chi connectivity index (χ2n) is 5.49. The third kappa shape index (κ3) is 8.01. The average molecular weight is 307 g/mol. The number of carbonyl (C=O) groups excluding carboxylic acids is 1. The van der Waals surface area contributed by atoms with Crippen molar-refractivity contribution in [1.29, 1.82) is 0 Å². The highest BCUT2D eigenvalue weighted by atomic mass is 16.5. The van der Waals surface area contributed by atoms with E-state index in [9.17, 15) is 4.79 Å². The van der Waals surface area contributed by atoms with Crippen molar-refractivity contribution in [3.8, 4) is 5.88 Å². The van der Waals surface area contributed by atoms with Gasteiger partial charge < -0.3 is 9.47 Å². The summed E-state index contributed by atoms with van der Waals surface area (Å²) in [7, 11) is 0. The molecular formula is C18H29NO3. The zero-order valence-corrected chi connectivity index (χ0v) is 14.0. The first-order valence-corrected chi connectivity index (χ1v) is 8.54. The largest absolute Gasteiger partial charge is 0.478 e. The van der Waals surface area contributed by atoms with Crippen molar-refractivity contribution >= 4 is 5.97 Å². The Hall–Kier alpha value is -1.58. The fourth-order valence-corrected chi connectivity index (χ4v) is 2.07. The molecule has 22 heavy (non-hydrogen) atoms. The average Bonchev–Trinajstić information content (AvgIpc) is 2.55. The van der Waals surface area contributed by atoms with Crippen LogP contribution in [0.2, 0.25) is 0 Å². The predicted molar refractivity (Wildman–Crippen MR) is 88.3 cm³/mol. The van der Waals surface area contributed by atoms with Crippen LogP contribution in [0.15, 0.2) is 18.3 Å². The number of aromatic nitrogens is 1. The van der Waals surface area contributed by atoms with Gasteiger partial charge in [0.15, 0.2) is 0 Å². The van der Waals surface area contributed by atoms with Crippen LogP contribution in [-0.2, 0) is 4.74 Å². The molecule has 0 fully saturated rings. The van der Waals surface area contributed by atoms with Gasteiger partial charge in [-0.2, -0.15) is 0 Å². The Labute approximate surface area is 134 Å². The molecule has 1 rings (SSSR count). The third-order valence-corrected chi connectivity index (χ3v) is 3.45. The molecule has 0 radical (unpaired) electrons. The molecule has 0 aromatic carbocycles. The highest BCUT2D eigenvalue weighted by molar-refractivity contribution is 5.89. The Balaban J connectivity index is 2.23. The van der Waals surface area contributed by atoms with Gasteiger partial charge in [-0.3, -0.25) is 0 Å². The van der Waals surface area contributed by atoms with Crippen LogP contribution >= 0.6 is 0 Å². The minimum absolute atomic E-state index is 0.307. The van der Waals surface area contributed by atoms with E-state index in [1.807, 2.05) is 0 Å². The van der Waals surface area contributed by atoms with Crippen molar-refractivity contribution in [3.63, 3.8) is 0 Å². The van der Waals surface area contributed by atoms with Gasteiger partial charge >= 0.3 is 5.97 Å². The normalized spacial score (nSPS) is 10.5. The van der Waals surface area contributed by atoms with Crippen LogP contribution in [0, 0.1) is 0 Å². The first kappa shape index (κ1) is 18.5. The lowest BCUT2D eigenvalue weighted by Crippen LogP contribution is -2.07. The molecule has 4 heteroatoms. The van der Waals surface area contributed by atoms with Gasteiger partial charge in [0, 0.05) is 12.3 Å². The summed E-state index contributed by atoms with van der Waals surface area (Å²) >= 11 is 0. The van der Waals surface area contributed by atoms with Crippen LogP contribution in [0.4, 0.5) is 0 Å². The van der Waals surface area contributed by atoms with E-state index in [1.54, 1.807) is 12.1 Å². The number of esters is 1. The second-order valence-corrected chi connectivity index (χ2v) is 5.49. The summed E-state index contributed by atoms with van der Waals surface area (Å²) in [6.07, 6.45) is 10.6. The molecular weight excluding hydrogens is 278 g/mol. The third-order valence-electron chi connectivity index (χ3n) is 3.45. The Morgan fingerprint density at radius 3 is 2.23 bits per heavy atom. The molecule has 0 saturated carbocycles. The van der Waals surface area contributed by atoms with Gasteiger partial charge in [-0.15, -0.1) is 0 Å². The summed E-state index contributed by atoms with van der Waals surface area (Å²) < 4.78 is 10.8. The molecule has 0 aliphatic carbocycles. The maximum Gasteiger partial charge on any atom is 0.339 e. The second kappa shape index (κ2) is 12.0. The van der Waals surface area contributed by atoms with Gasteiger partial charge in [-0.05, 0) is 18.9 Å². The molecule has 0 atom stereocenters. The summed E-state index contributed by atoms with van der Waals surface area (Å²) in [5.74, 6) is 0.259. The van der Waals surface area contributed by atoms with Crippen molar-refractivity contribution in [2.45, 2.75) is 65.2 Å². The summed E-state index contributed by atoms with van der Waals surface area (Å²) in [6.45, 7) is 5.50. The maximum absolute atomic E-state index is 11.8. The molecule has 0 spiro atoms. The number of ether oxygens (including phenoxy) is 2. The van der Waals surface area contributed by atoms with Gasteiger partial charge in [0.25, 0.3) is 0 Å². The maximum atomic E-state index is 11.8. The SMILES string of the molecule is CCCCCCOC(=O)c1ccc(OCCCCCC)nc1. The molecule has 0 N–H and O–H groups in total. The standard InChI is InChI=1S/C18H29NO3/c1-3-5-7-9-13-21-17-12-11-16(15-19-17)18(20)22-14-10-8-6-4-2/h11-12,15H,3-10,13-14H2,1-2H3. The number of rotatable bonds is 12. The number of hydrogen-bond donors (Lipinski definition) is 0. The Morgan fingerprint density at radius 1 is 0.955 bits per heavy atom. The van der Waals surface area contributed by atoms with Crippen LogP contribution in [0.1, 0.15) is 75.6 Å². The van der Waals surface area contributed by atoms with Crippen molar-refractivity contribution in [3.05, 3.63) is 23.9 Å². The fraction of sp³-hybridized carbons (Fsp3) is 0.667. The Bertz CT molecular complexity index is 403. The van der Waals surface area contributed by atoms with Gasteiger partial charge in [0.1, 0.15) is 0 Å². The van der Waals surface area contributed by atoms with Crippen molar-refractivity contribution < 1.29 is 14.3 Å². The molecule has 1 heterocycles. The number of unbranched alkanes of at least 4 members (excludes halogenated alkanes) is 6. The van der Waals surface area contributed by atoms with Gasteiger partial charge in [-0.25, -0.2) is 9.78 Å². The molecule has 0 bridgehead atoms. The summed E-state index contributed by atoms with van der Waals surface area (Å²) in [5, 5.41) is 0. The molecule has 4 nitrogen and oxygen atoms in total. The number of carbonyl (C=O) groups is 1. The number of pyridine rings is 1. The van der Waals surface area contributed by atoms with E-state index >= 15 is 0 Å². The molecule has 0 aliphatic rings. The highest BCUT2D eigenvalue weighted by Crippen LogP contribution is 2.10. The first-order valence-electron chi connectivity index (χ1n) is 8.54. The van der Waals surface area contributed by atoms with Crippen LogP contribution in [0.5, 0.6) is 5.88 Å². The fourth-order valence-electron chi connectivity index (χ4n) is 2.07. The molecule has 1 aromatic heterocycles. The van der Waals surface area contributed by atoms with Crippen LogP contribution in [0.3, 0.4) is 0 Å². The predicted octanol–water partition coefficient (Wildman–Crippen LogP) is 4.78. The van der Waals surface area contributed by atoms with Crippen LogP contribution in [-0.4, -0.2) is 24.2 Å². The minimum atomic E-state index is -0.307. The molecule has 0 saturated heterocycles. The zero-order valence-electron chi connectivity index (χ0n) is 14.0. The Morgan fingerprint density at radius 2 is 1.64 bits per heavy atom. The lowest BCUT2D eigenvalue weighted by atomic mass is 10.2. The summed E-state index contributed by atoms with van der Waals surface area (Å²) in [6, 6.07) is 3.44. The molecule has 1 aromatic rings. The van der Waals surface area contributed by atoms with Crippen molar-refractivity contribution in [1.82, 2.24) is 4.98 Å². The van der Waals surface area contributed by atoms with E-state index in [4.69, 9.17) is 9.47 Å². The van der Waals surface area contributed by atoms with Gasteiger partial charge in [-0.1, -0.05) is 52.4 Å². The van der Waals surface area contributed by atoms with Crippen molar-refractivity contribution in [2.75, 3.05) is 13.2 Å². The van der Waals surface area contributed by atoms with Gasteiger partial charge in [0.05, 0.1) is 18.8 Å². The van der Waals surface area contributed by atoms with E-state index in [2.05, 4.69) is 18.8 Å². The summed E-state index contributed by atoms with van der Waals surface area (Å²) in [4.78, 5) is 16.0. The highest BCUT2D eigenvalue weighted by Gasteiger charge is 2.07.